The number of aliphatic hydroxyl groups is 1. The van der Waals surface area contributed by atoms with Crippen molar-refractivity contribution in [1.29, 1.82) is 0 Å². The second-order valence-corrected chi connectivity index (χ2v) is 3.71. The van der Waals surface area contributed by atoms with E-state index in [1.54, 1.807) is 0 Å². The molecule has 0 bridgehead atoms. The molecule has 1 aliphatic rings. The predicted octanol–water partition coefficient (Wildman–Crippen LogP) is 1.10. The number of aliphatic hydroxyl groups excluding tert-OH is 1. The maximum Gasteiger partial charge on any atom is 0.0721 e. The number of likely N-dealkylation sites (tertiary alicyclic amines) is 1. The third-order valence-corrected chi connectivity index (χ3v) is 2.90. The molecule has 1 saturated heterocycles. The Hall–Kier alpha value is -0.0800. The van der Waals surface area contributed by atoms with Gasteiger partial charge in [-0.2, -0.15) is 0 Å². The fourth-order valence-corrected chi connectivity index (χ4v) is 1.94. The highest BCUT2D eigenvalue weighted by Gasteiger charge is 2.30. The number of nitrogens with zero attached hydrogens (tertiary/aromatic N) is 1. The van der Waals surface area contributed by atoms with E-state index < -0.39 is 0 Å². The lowest BCUT2D eigenvalue weighted by atomic mass is 9.88. The summed E-state index contributed by atoms with van der Waals surface area (Å²) in [7, 11) is 2.10. The first-order valence-corrected chi connectivity index (χ1v) is 4.55. The minimum atomic E-state index is -0.112. The van der Waals surface area contributed by atoms with Gasteiger partial charge in [-0.3, -0.25) is 0 Å². The molecule has 1 N–H and O–H groups in total. The smallest absolute Gasteiger partial charge is 0.0721 e. The summed E-state index contributed by atoms with van der Waals surface area (Å²) in [6.07, 6.45) is 2.08. The van der Waals surface area contributed by atoms with Gasteiger partial charge in [0.2, 0.25) is 0 Å². The Bertz CT molecular complexity index is 127. The summed E-state index contributed by atoms with van der Waals surface area (Å²) >= 11 is 0. The highest BCUT2D eigenvalue weighted by Crippen LogP contribution is 2.23. The molecule has 0 aromatic carbocycles. The molecule has 2 heteroatoms. The lowest BCUT2D eigenvalue weighted by Crippen LogP contribution is -2.49. The van der Waals surface area contributed by atoms with Gasteiger partial charge in [0.25, 0.3) is 0 Å². The summed E-state index contributed by atoms with van der Waals surface area (Å²) in [6.45, 7) is 5.42. The van der Waals surface area contributed by atoms with Crippen molar-refractivity contribution in [2.24, 2.45) is 5.92 Å². The minimum Gasteiger partial charge on any atom is -0.391 e. The van der Waals surface area contributed by atoms with Crippen LogP contribution in [0.5, 0.6) is 0 Å². The third-order valence-electron chi connectivity index (χ3n) is 2.90. The molecule has 11 heavy (non-hydrogen) atoms. The average Bonchev–Trinajstić information content (AvgIpc) is 1.99. The molecular weight excluding hydrogens is 138 g/mol. The quantitative estimate of drug-likeness (QED) is 0.616. The van der Waals surface area contributed by atoms with Crippen LogP contribution in [0.1, 0.15) is 26.7 Å². The van der Waals surface area contributed by atoms with Crippen LogP contribution in [0.3, 0.4) is 0 Å². The fourth-order valence-electron chi connectivity index (χ4n) is 1.94. The average molecular weight is 157 g/mol. The zero-order valence-corrected chi connectivity index (χ0v) is 7.75. The third kappa shape index (κ3) is 1.74. The maximum absolute atomic E-state index is 9.77. The van der Waals surface area contributed by atoms with Crippen LogP contribution in [0.2, 0.25) is 0 Å². The van der Waals surface area contributed by atoms with Crippen molar-refractivity contribution in [2.45, 2.75) is 38.8 Å². The fraction of sp³-hybridized carbons (Fsp3) is 1.00. The van der Waals surface area contributed by atoms with E-state index in [1.165, 1.54) is 0 Å². The number of hydrogen-bond acceptors (Lipinski definition) is 2. The van der Waals surface area contributed by atoms with Crippen LogP contribution in [-0.4, -0.2) is 35.7 Å². The van der Waals surface area contributed by atoms with Crippen molar-refractivity contribution in [2.75, 3.05) is 13.6 Å². The molecular formula is C9H19NO. The summed E-state index contributed by atoms with van der Waals surface area (Å²) in [5.74, 6) is 0.483. The number of rotatable bonds is 1. The van der Waals surface area contributed by atoms with E-state index in [9.17, 15) is 5.11 Å². The van der Waals surface area contributed by atoms with Crippen molar-refractivity contribution in [3.05, 3.63) is 0 Å². The summed E-state index contributed by atoms with van der Waals surface area (Å²) in [4.78, 5) is 2.27. The second kappa shape index (κ2) is 3.55. The molecule has 1 fully saturated rings. The zero-order chi connectivity index (χ0) is 8.43. The summed E-state index contributed by atoms with van der Waals surface area (Å²) in [5, 5.41) is 9.77. The standard InChI is InChI=1S/C9H19NO/c1-4-8-9(11)7(2)5-6-10(8)3/h7-9,11H,4-6H2,1-3H3/t7?,8-,9-/m1/s1. The Morgan fingerprint density at radius 3 is 2.64 bits per heavy atom. The maximum atomic E-state index is 9.77. The number of likely N-dealkylation sites (N-methyl/N-ethyl adjacent to an activating group) is 1. The van der Waals surface area contributed by atoms with Gasteiger partial charge in [-0.15, -0.1) is 0 Å². The van der Waals surface area contributed by atoms with Gasteiger partial charge in [0, 0.05) is 6.04 Å². The van der Waals surface area contributed by atoms with E-state index >= 15 is 0 Å². The molecule has 1 heterocycles. The highest BCUT2D eigenvalue weighted by molar-refractivity contribution is 4.84. The molecule has 0 aliphatic carbocycles. The van der Waals surface area contributed by atoms with E-state index in [1.807, 2.05) is 0 Å². The first-order valence-electron chi connectivity index (χ1n) is 4.55. The Kier molecular flexibility index (Phi) is 2.90. The summed E-state index contributed by atoms with van der Waals surface area (Å²) in [6, 6.07) is 0.388. The largest absolute Gasteiger partial charge is 0.391 e. The van der Waals surface area contributed by atoms with Gasteiger partial charge in [-0.25, -0.2) is 0 Å². The number of piperidine rings is 1. The second-order valence-electron chi connectivity index (χ2n) is 3.71. The first-order chi connectivity index (χ1) is 5.16. The van der Waals surface area contributed by atoms with Crippen LogP contribution in [-0.2, 0) is 0 Å². The van der Waals surface area contributed by atoms with E-state index in [0.717, 1.165) is 19.4 Å². The van der Waals surface area contributed by atoms with E-state index in [2.05, 4.69) is 25.8 Å². The molecule has 0 amide bonds. The van der Waals surface area contributed by atoms with Gasteiger partial charge in [0.15, 0.2) is 0 Å². The van der Waals surface area contributed by atoms with Crippen LogP contribution in [0.25, 0.3) is 0 Å². The van der Waals surface area contributed by atoms with Crippen molar-refractivity contribution >= 4 is 0 Å². The van der Waals surface area contributed by atoms with E-state index in [4.69, 9.17) is 0 Å². The van der Waals surface area contributed by atoms with Crippen LogP contribution < -0.4 is 0 Å². The normalized spacial score (nSPS) is 40.9. The molecule has 3 atom stereocenters. The Morgan fingerprint density at radius 1 is 1.55 bits per heavy atom. The van der Waals surface area contributed by atoms with E-state index in [0.29, 0.717) is 12.0 Å². The molecule has 1 unspecified atom stereocenters. The Labute approximate surface area is 69.2 Å². The van der Waals surface area contributed by atoms with Crippen molar-refractivity contribution in [1.82, 2.24) is 4.90 Å². The molecule has 0 aromatic rings. The van der Waals surface area contributed by atoms with Gasteiger partial charge < -0.3 is 10.0 Å². The van der Waals surface area contributed by atoms with Crippen molar-refractivity contribution in [3.63, 3.8) is 0 Å². The minimum absolute atomic E-state index is 0.112. The predicted molar refractivity (Wildman–Crippen MR) is 46.5 cm³/mol. The van der Waals surface area contributed by atoms with Crippen LogP contribution >= 0.6 is 0 Å². The number of hydrogen-bond donors (Lipinski definition) is 1. The molecule has 2 nitrogen and oxygen atoms in total. The van der Waals surface area contributed by atoms with Gasteiger partial charge in [0.1, 0.15) is 0 Å². The monoisotopic (exact) mass is 157 g/mol. The van der Waals surface area contributed by atoms with Gasteiger partial charge in [-0.05, 0) is 32.4 Å². The molecule has 0 radical (unpaired) electrons. The van der Waals surface area contributed by atoms with Crippen LogP contribution in [0.15, 0.2) is 0 Å². The molecule has 0 aromatic heterocycles. The zero-order valence-electron chi connectivity index (χ0n) is 7.75. The van der Waals surface area contributed by atoms with Crippen LogP contribution in [0.4, 0.5) is 0 Å². The Balaban J connectivity index is 2.55. The molecule has 0 saturated carbocycles. The van der Waals surface area contributed by atoms with Crippen molar-refractivity contribution in [3.8, 4) is 0 Å². The van der Waals surface area contributed by atoms with Crippen LogP contribution in [0, 0.1) is 5.92 Å². The molecule has 1 rings (SSSR count). The first kappa shape index (κ1) is 9.01. The van der Waals surface area contributed by atoms with Crippen molar-refractivity contribution < 1.29 is 5.11 Å². The topological polar surface area (TPSA) is 23.5 Å². The Morgan fingerprint density at radius 2 is 2.18 bits per heavy atom. The highest BCUT2D eigenvalue weighted by atomic mass is 16.3. The summed E-state index contributed by atoms with van der Waals surface area (Å²) in [5.41, 5.74) is 0. The molecule has 0 spiro atoms. The lowest BCUT2D eigenvalue weighted by molar-refractivity contribution is -0.0139. The van der Waals surface area contributed by atoms with Gasteiger partial charge >= 0.3 is 0 Å². The SMILES string of the molecule is CC[C@@H]1[C@H](O)C(C)CCN1C. The molecule has 66 valence electrons. The van der Waals surface area contributed by atoms with Gasteiger partial charge in [-0.1, -0.05) is 13.8 Å². The van der Waals surface area contributed by atoms with E-state index in [-0.39, 0.29) is 6.10 Å². The summed E-state index contributed by atoms with van der Waals surface area (Å²) < 4.78 is 0. The molecule has 1 aliphatic heterocycles. The lowest BCUT2D eigenvalue weighted by Gasteiger charge is -2.39. The van der Waals surface area contributed by atoms with Gasteiger partial charge in [0.05, 0.1) is 6.10 Å².